The van der Waals surface area contributed by atoms with Crippen LogP contribution < -0.4 is 15.5 Å². The first-order valence-corrected chi connectivity index (χ1v) is 11.1. The van der Waals surface area contributed by atoms with Crippen LogP contribution in [-0.4, -0.2) is 53.8 Å². The molecular formula is C22H28N6OS. The van der Waals surface area contributed by atoms with E-state index in [0.717, 1.165) is 54.6 Å². The van der Waals surface area contributed by atoms with Gasteiger partial charge in [0.25, 0.3) is 0 Å². The van der Waals surface area contributed by atoms with Gasteiger partial charge in [-0.25, -0.2) is 9.97 Å². The Balaban J connectivity index is 1.65. The Kier molecular flexibility index (Phi) is 8.05. The van der Waals surface area contributed by atoms with Crippen molar-refractivity contribution in [2.75, 3.05) is 37.6 Å². The topological polar surface area (TPSA) is 93.9 Å². The molecule has 0 aliphatic carbocycles. The van der Waals surface area contributed by atoms with E-state index in [2.05, 4.69) is 39.3 Å². The van der Waals surface area contributed by atoms with Gasteiger partial charge in [0, 0.05) is 49.0 Å². The van der Waals surface area contributed by atoms with Crippen LogP contribution in [0.25, 0.3) is 11.1 Å². The van der Waals surface area contributed by atoms with Crippen molar-refractivity contribution in [2.45, 2.75) is 30.4 Å². The number of benzene rings is 1. The highest BCUT2D eigenvalue weighted by Gasteiger charge is 2.21. The van der Waals surface area contributed by atoms with Crippen molar-refractivity contribution in [2.24, 2.45) is 5.92 Å². The van der Waals surface area contributed by atoms with Gasteiger partial charge in [-0.15, -0.1) is 11.8 Å². The van der Waals surface area contributed by atoms with Crippen LogP contribution in [0.5, 0.6) is 0 Å². The number of nitrogens with zero attached hydrogens (tertiary/aromatic N) is 4. The van der Waals surface area contributed by atoms with E-state index in [-0.39, 0.29) is 17.7 Å². The summed E-state index contributed by atoms with van der Waals surface area (Å²) in [6, 6.07) is 10.1. The summed E-state index contributed by atoms with van der Waals surface area (Å²) in [5, 5.41) is 14.5. The third-order valence-electron chi connectivity index (χ3n) is 4.82. The van der Waals surface area contributed by atoms with Crippen LogP contribution in [-0.2, 0) is 4.79 Å². The number of carbonyl (C=O) groups excluding carboxylic acids is 1. The molecule has 3 rings (SSSR count). The first-order chi connectivity index (χ1) is 14.6. The molecule has 0 radical (unpaired) electrons. The molecule has 1 atom stereocenters. The Labute approximate surface area is 182 Å². The molecule has 8 heteroatoms. The Morgan fingerprint density at radius 1 is 1.20 bits per heavy atom. The number of rotatable bonds is 8. The Morgan fingerprint density at radius 3 is 2.47 bits per heavy atom. The van der Waals surface area contributed by atoms with Crippen molar-refractivity contribution in [3.63, 3.8) is 0 Å². The van der Waals surface area contributed by atoms with Crippen LogP contribution in [0.4, 0.5) is 5.95 Å². The summed E-state index contributed by atoms with van der Waals surface area (Å²) in [5.41, 5.74) is 2.01. The molecule has 1 aliphatic rings. The number of anilines is 1. The SMILES string of the molecule is CC(C)CC(Sc1ccc(-c2cnc(N3CCNCC3)nc2)cc1)C(=O)NCC#N. The molecule has 1 aromatic carbocycles. The van der Waals surface area contributed by atoms with Gasteiger partial charge in [-0.3, -0.25) is 4.79 Å². The van der Waals surface area contributed by atoms with Crippen LogP contribution >= 0.6 is 11.8 Å². The molecule has 1 fully saturated rings. The van der Waals surface area contributed by atoms with Crippen LogP contribution in [0.1, 0.15) is 20.3 Å². The average Bonchev–Trinajstić information content (AvgIpc) is 2.78. The van der Waals surface area contributed by atoms with Gasteiger partial charge in [0.2, 0.25) is 11.9 Å². The van der Waals surface area contributed by atoms with E-state index in [9.17, 15) is 4.79 Å². The van der Waals surface area contributed by atoms with Crippen molar-refractivity contribution in [3.05, 3.63) is 36.7 Å². The fourth-order valence-corrected chi connectivity index (χ4v) is 4.56. The Bertz CT molecular complexity index is 857. The predicted octanol–water partition coefficient (Wildman–Crippen LogP) is 2.70. The maximum Gasteiger partial charge on any atom is 0.234 e. The summed E-state index contributed by atoms with van der Waals surface area (Å²) in [6.45, 7) is 7.98. The van der Waals surface area contributed by atoms with Crippen molar-refractivity contribution < 1.29 is 4.79 Å². The zero-order valence-corrected chi connectivity index (χ0v) is 18.3. The summed E-state index contributed by atoms with van der Waals surface area (Å²) in [7, 11) is 0. The molecule has 2 N–H and O–H groups in total. The first kappa shape index (κ1) is 22.1. The second kappa shape index (κ2) is 11.0. The first-order valence-electron chi connectivity index (χ1n) is 10.3. The summed E-state index contributed by atoms with van der Waals surface area (Å²) >= 11 is 1.54. The van der Waals surface area contributed by atoms with Crippen LogP contribution in [0, 0.1) is 17.2 Å². The fraction of sp³-hybridized carbons (Fsp3) is 0.455. The number of thioether (sulfide) groups is 1. The summed E-state index contributed by atoms with van der Waals surface area (Å²) in [5.74, 6) is 1.07. The lowest BCUT2D eigenvalue weighted by atomic mass is 10.1. The van der Waals surface area contributed by atoms with E-state index in [1.54, 1.807) is 0 Å². The van der Waals surface area contributed by atoms with Gasteiger partial charge in [-0.1, -0.05) is 26.0 Å². The third-order valence-corrected chi connectivity index (χ3v) is 6.06. The smallest absolute Gasteiger partial charge is 0.234 e. The second-order valence-corrected chi connectivity index (χ2v) is 8.92. The highest BCUT2D eigenvalue weighted by molar-refractivity contribution is 8.00. The van der Waals surface area contributed by atoms with Crippen molar-refractivity contribution in [3.8, 4) is 17.2 Å². The second-order valence-electron chi connectivity index (χ2n) is 7.65. The van der Waals surface area contributed by atoms with Gasteiger partial charge < -0.3 is 15.5 Å². The van der Waals surface area contributed by atoms with E-state index in [0.29, 0.717) is 5.92 Å². The molecule has 1 amide bonds. The third kappa shape index (κ3) is 6.18. The molecule has 158 valence electrons. The summed E-state index contributed by atoms with van der Waals surface area (Å²) in [6.07, 6.45) is 4.48. The lowest BCUT2D eigenvalue weighted by Gasteiger charge is -2.27. The van der Waals surface area contributed by atoms with Crippen molar-refractivity contribution in [1.29, 1.82) is 5.26 Å². The average molecular weight is 425 g/mol. The molecule has 30 heavy (non-hydrogen) atoms. The van der Waals surface area contributed by atoms with E-state index in [1.165, 1.54) is 11.8 Å². The summed E-state index contributed by atoms with van der Waals surface area (Å²) < 4.78 is 0. The standard InChI is InChI=1S/C22H28N6OS/c1-16(2)13-20(21(29)25-8-7-23)30-19-5-3-17(4-6-19)18-14-26-22(27-15-18)28-11-9-24-10-12-28/h3-6,14-16,20,24H,8-13H2,1-2H3,(H,25,29). The number of carbonyl (C=O) groups is 1. The number of nitriles is 1. The number of nitrogens with one attached hydrogen (secondary N) is 2. The summed E-state index contributed by atoms with van der Waals surface area (Å²) in [4.78, 5) is 24.7. The Morgan fingerprint density at radius 2 is 1.87 bits per heavy atom. The Hall–Kier alpha value is -2.63. The van der Waals surface area contributed by atoms with Crippen LogP contribution in [0.2, 0.25) is 0 Å². The van der Waals surface area contributed by atoms with Crippen molar-refractivity contribution >= 4 is 23.6 Å². The highest BCUT2D eigenvalue weighted by Crippen LogP contribution is 2.30. The van der Waals surface area contributed by atoms with Gasteiger partial charge in [-0.05, 0) is 30.0 Å². The molecule has 1 aromatic heterocycles. The molecule has 7 nitrogen and oxygen atoms in total. The zero-order chi connectivity index (χ0) is 21.3. The van der Waals surface area contributed by atoms with Gasteiger partial charge in [0.1, 0.15) is 6.54 Å². The van der Waals surface area contributed by atoms with E-state index in [1.807, 2.05) is 42.7 Å². The monoisotopic (exact) mass is 424 g/mol. The maximum atomic E-state index is 12.4. The van der Waals surface area contributed by atoms with Crippen molar-refractivity contribution in [1.82, 2.24) is 20.6 Å². The van der Waals surface area contributed by atoms with Crippen LogP contribution in [0.3, 0.4) is 0 Å². The molecule has 1 aliphatic heterocycles. The molecular weight excluding hydrogens is 396 g/mol. The van der Waals surface area contributed by atoms with Crippen LogP contribution in [0.15, 0.2) is 41.6 Å². The van der Waals surface area contributed by atoms with Gasteiger partial charge in [0.05, 0.1) is 11.3 Å². The molecule has 1 saturated heterocycles. The number of amides is 1. The lowest BCUT2D eigenvalue weighted by Crippen LogP contribution is -2.44. The van der Waals surface area contributed by atoms with E-state index >= 15 is 0 Å². The molecule has 1 unspecified atom stereocenters. The predicted molar refractivity (Wildman–Crippen MR) is 120 cm³/mol. The largest absolute Gasteiger partial charge is 0.342 e. The van der Waals surface area contributed by atoms with Gasteiger partial charge in [-0.2, -0.15) is 5.26 Å². The molecule has 2 aromatic rings. The normalized spacial score (nSPS) is 14.9. The highest BCUT2D eigenvalue weighted by atomic mass is 32.2. The minimum Gasteiger partial charge on any atom is -0.342 e. The van der Waals surface area contributed by atoms with Gasteiger partial charge in [0.15, 0.2) is 0 Å². The molecule has 0 bridgehead atoms. The lowest BCUT2D eigenvalue weighted by molar-refractivity contribution is -0.120. The minimum absolute atomic E-state index is 0.0386. The molecule has 0 spiro atoms. The molecule has 0 saturated carbocycles. The number of aromatic nitrogens is 2. The minimum atomic E-state index is -0.217. The van der Waals surface area contributed by atoms with E-state index in [4.69, 9.17) is 5.26 Å². The number of piperazine rings is 1. The molecule has 2 heterocycles. The quantitative estimate of drug-likeness (QED) is 0.497. The maximum absolute atomic E-state index is 12.4. The van der Waals surface area contributed by atoms with Gasteiger partial charge >= 0.3 is 0 Å². The zero-order valence-electron chi connectivity index (χ0n) is 17.5. The fourth-order valence-electron chi connectivity index (χ4n) is 3.27. The van der Waals surface area contributed by atoms with E-state index < -0.39 is 0 Å². The number of hydrogen-bond acceptors (Lipinski definition) is 7. The number of hydrogen-bond donors (Lipinski definition) is 2.